The fourth-order valence-corrected chi connectivity index (χ4v) is 2.15. The number of nitrogens with zero attached hydrogens (tertiary/aromatic N) is 1. The zero-order valence-electron chi connectivity index (χ0n) is 8.62. The van der Waals surface area contributed by atoms with E-state index in [-0.39, 0.29) is 11.3 Å². The molecule has 1 heterocycles. The minimum absolute atomic E-state index is 0.0593. The number of aromatic nitrogens is 1. The van der Waals surface area contributed by atoms with Gasteiger partial charge in [-0.15, -0.1) is 11.6 Å². The van der Waals surface area contributed by atoms with Gasteiger partial charge in [-0.3, -0.25) is 9.78 Å². The maximum Gasteiger partial charge on any atom is 0.252 e. The predicted octanol–water partition coefficient (Wildman–Crippen LogP) is 2.59. The molecule has 5 heteroatoms. The third-order valence-electron chi connectivity index (χ3n) is 2.56. The third kappa shape index (κ3) is 3.19. The van der Waals surface area contributed by atoms with Crippen LogP contribution in [0.2, 0.25) is 0 Å². The predicted molar refractivity (Wildman–Crippen MR) is 66.6 cm³/mol. The number of hydrogen-bond donors (Lipinski definition) is 1. The summed E-state index contributed by atoms with van der Waals surface area (Å²) in [5, 5.41) is 2.87. The molecule has 1 aromatic rings. The Hall–Kier alpha value is -0.610. The number of rotatable bonds is 4. The molecule has 0 aromatic carbocycles. The van der Waals surface area contributed by atoms with Gasteiger partial charge in [-0.2, -0.15) is 0 Å². The molecule has 1 unspecified atom stereocenters. The molecule has 1 aliphatic rings. The number of alkyl halides is 1. The molecule has 16 heavy (non-hydrogen) atoms. The Morgan fingerprint density at radius 3 is 3.00 bits per heavy atom. The minimum Gasteiger partial charge on any atom is -0.350 e. The van der Waals surface area contributed by atoms with Gasteiger partial charge in [0.05, 0.1) is 10.9 Å². The van der Waals surface area contributed by atoms with Crippen molar-refractivity contribution in [1.82, 2.24) is 10.3 Å². The number of hydrogen-bond acceptors (Lipinski definition) is 2. The molecule has 86 valence electrons. The van der Waals surface area contributed by atoms with E-state index in [1.54, 1.807) is 18.5 Å². The standard InChI is InChI=1S/C11H12BrClN2O/c12-9-3-8(4-14-5-9)11(16)15-6-10(13)7-1-2-7/h3-5,7,10H,1-2,6H2,(H,15,16). The average Bonchev–Trinajstić information content (AvgIpc) is 3.09. The van der Waals surface area contributed by atoms with E-state index < -0.39 is 0 Å². The van der Waals surface area contributed by atoms with E-state index in [1.807, 2.05) is 0 Å². The largest absolute Gasteiger partial charge is 0.350 e. The Labute approximate surface area is 108 Å². The second-order valence-corrected chi connectivity index (χ2v) is 5.43. The summed E-state index contributed by atoms with van der Waals surface area (Å²) < 4.78 is 0.796. The fraction of sp³-hybridized carbons (Fsp3) is 0.455. The summed E-state index contributed by atoms with van der Waals surface area (Å²) in [5.41, 5.74) is 0.550. The van der Waals surface area contributed by atoms with E-state index >= 15 is 0 Å². The average molecular weight is 304 g/mol. The summed E-state index contributed by atoms with van der Waals surface area (Å²) in [6.45, 7) is 0.525. The molecule has 2 rings (SSSR count). The van der Waals surface area contributed by atoms with E-state index in [2.05, 4.69) is 26.2 Å². The highest BCUT2D eigenvalue weighted by Gasteiger charge is 2.29. The highest BCUT2D eigenvalue weighted by Crippen LogP contribution is 2.35. The van der Waals surface area contributed by atoms with Crippen LogP contribution < -0.4 is 5.32 Å². The molecular formula is C11H12BrClN2O. The highest BCUT2D eigenvalue weighted by atomic mass is 79.9. The molecule has 1 saturated carbocycles. The van der Waals surface area contributed by atoms with Gasteiger partial charge in [0, 0.05) is 23.4 Å². The Morgan fingerprint density at radius 1 is 1.62 bits per heavy atom. The number of carbonyl (C=O) groups is 1. The van der Waals surface area contributed by atoms with Gasteiger partial charge in [0.25, 0.3) is 5.91 Å². The van der Waals surface area contributed by atoms with Crippen molar-refractivity contribution in [2.24, 2.45) is 5.92 Å². The number of halogens is 2. The van der Waals surface area contributed by atoms with Crippen LogP contribution in [0.3, 0.4) is 0 Å². The summed E-state index contributed by atoms with van der Waals surface area (Å²) in [6, 6.07) is 1.74. The molecule has 3 nitrogen and oxygen atoms in total. The first-order valence-corrected chi connectivity index (χ1v) is 6.42. The lowest BCUT2D eigenvalue weighted by molar-refractivity contribution is 0.0952. The first-order valence-electron chi connectivity index (χ1n) is 5.19. The van der Waals surface area contributed by atoms with Crippen molar-refractivity contribution in [1.29, 1.82) is 0 Å². The number of pyridine rings is 1. The zero-order chi connectivity index (χ0) is 11.5. The van der Waals surface area contributed by atoms with Crippen LogP contribution in [0.25, 0.3) is 0 Å². The summed E-state index contributed by atoms with van der Waals surface area (Å²) in [7, 11) is 0. The van der Waals surface area contributed by atoms with E-state index in [0.717, 1.165) is 4.47 Å². The van der Waals surface area contributed by atoms with Gasteiger partial charge < -0.3 is 5.32 Å². The molecule has 1 atom stereocenters. The van der Waals surface area contributed by atoms with Gasteiger partial charge in [-0.1, -0.05) is 0 Å². The number of amides is 1. The van der Waals surface area contributed by atoms with Crippen LogP contribution in [0, 0.1) is 5.92 Å². The second kappa shape index (κ2) is 5.15. The van der Waals surface area contributed by atoms with Gasteiger partial charge in [-0.25, -0.2) is 0 Å². The van der Waals surface area contributed by atoms with Crippen LogP contribution >= 0.6 is 27.5 Å². The second-order valence-electron chi connectivity index (χ2n) is 3.96. The van der Waals surface area contributed by atoms with Crippen LogP contribution in [0.1, 0.15) is 23.2 Å². The van der Waals surface area contributed by atoms with Crippen molar-refractivity contribution in [3.05, 3.63) is 28.5 Å². The van der Waals surface area contributed by atoms with E-state index in [0.29, 0.717) is 18.0 Å². The zero-order valence-corrected chi connectivity index (χ0v) is 11.0. The van der Waals surface area contributed by atoms with Gasteiger partial charge in [0.2, 0.25) is 0 Å². The van der Waals surface area contributed by atoms with Gasteiger partial charge in [0.1, 0.15) is 0 Å². The van der Waals surface area contributed by atoms with Crippen LogP contribution in [0.15, 0.2) is 22.9 Å². The van der Waals surface area contributed by atoms with Gasteiger partial charge >= 0.3 is 0 Å². The number of carbonyl (C=O) groups excluding carboxylic acids is 1. The Kier molecular flexibility index (Phi) is 3.82. The molecular weight excluding hydrogens is 291 g/mol. The molecule has 0 bridgehead atoms. The maximum atomic E-state index is 11.7. The first kappa shape index (κ1) is 11.9. The maximum absolute atomic E-state index is 11.7. The van der Waals surface area contributed by atoms with E-state index in [4.69, 9.17) is 11.6 Å². The third-order valence-corrected chi connectivity index (χ3v) is 3.50. The summed E-state index contributed by atoms with van der Waals surface area (Å²) in [6.07, 6.45) is 5.55. The van der Waals surface area contributed by atoms with Gasteiger partial charge in [-0.05, 0) is 40.8 Å². The Morgan fingerprint density at radius 2 is 2.38 bits per heavy atom. The van der Waals surface area contributed by atoms with E-state index in [9.17, 15) is 4.79 Å². The quantitative estimate of drug-likeness (QED) is 0.869. The molecule has 0 saturated heterocycles. The fourth-order valence-electron chi connectivity index (χ4n) is 1.45. The lowest BCUT2D eigenvalue weighted by Gasteiger charge is -2.09. The SMILES string of the molecule is O=C(NCC(Cl)C1CC1)c1cncc(Br)c1. The van der Waals surface area contributed by atoms with Crippen molar-refractivity contribution >= 4 is 33.4 Å². The molecule has 1 amide bonds. The Bertz CT molecular complexity index is 395. The lowest BCUT2D eigenvalue weighted by atomic mass is 10.2. The number of nitrogens with one attached hydrogen (secondary N) is 1. The topological polar surface area (TPSA) is 42.0 Å². The van der Waals surface area contributed by atoms with Crippen molar-refractivity contribution in [3.63, 3.8) is 0 Å². The summed E-state index contributed by atoms with van der Waals surface area (Å²) >= 11 is 9.38. The molecule has 0 spiro atoms. The van der Waals surface area contributed by atoms with E-state index in [1.165, 1.54) is 12.8 Å². The molecule has 1 aliphatic carbocycles. The molecule has 0 radical (unpaired) electrons. The van der Waals surface area contributed by atoms with Crippen LogP contribution in [-0.2, 0) is 0 Å². The first-order chi connectivity index (χ1) is 7.66. The van der Waals surface area contributed by atoms with Crippen LogP contribution in [0.4, 0.5) is 0 Å². The van der Waals surface area contributed by atoms with Gasteiger partial charge in [0.15, 0.2) is 0 Å². The Balaban J connectivity index is 1.87. The summed E-state index contributed by atoms with van der Waals surface area (Å²) in [4.78, 5) is 15.7. The molecule has 1 N–H and O–H groups in total. The van der Waals surface area contributed by atoms with Crippen molar-refractivity contribution in [2.75, 3.05) is 6.54 Å². The molecule has 0 aliphatic heterocycles. The van der Waals surface area contributed by atoms with Crippen molar-refractivity contribution in [3.8, 4) is 0 Å². The van der Waals surface area contributed by atoms with Crippen LogP contribution in [-0.4, -0.2) is 22.8 Å². The monoisotopic (exact) mass is 302 g/mol. The highest BCUT2D eigenvalue weighted by molar-refractivity contribution is 9.10. The lowest BCUT2D eigenvalue weighted by Crippen LogP contribution is -2.30. The normalized spacial score (nSPS) is 16.9. The van der Waals surface area contributed by atoms with Crippen molar-refractivity contribution in [2.45, 2.75) is 18.2 Å². The van der Waals surface area contributed by atoms with Crippen molar-refractivity contribution < 1.29 is 4.79 Å². The van der Waals surface area contributed by atoms with Crippen LogP contribution in [0.5, 0.6) is 0 Å². The molecule has 1 fully saturated rings. The minimum atomic E-state index is -0.125. The smallest absolute Gasteiger partial charge is 0.252 e. The molecule has 1 aromatic heterocycles. The summed E-state index contributed by atoms with van der Waals surface area (Å²) in [5.74, 6) is 0.461.